The van der Waals surface area contributed by atoms with Gasteiger partial charge in [-0.3, -0.25) is 4.79 Å². The van der Waals surface area contributed by atoms with Crippen LogP contribution >= 0.6 is 23.2 Å². The third-order valence-corrected chi connectivity index (χ3v) is 4.00. The summed E-state index contributed by atoms with van der Waals surface area (Å²) in [5.74, 6) is -0.265. The molecule has 0 heterocycles. The fourth-order valence-electron chi connectivity index (χ4n) is 2.11. The van der Waals surface area contributed by atoms with E-state index in [1.165, 1.54) is 0 Å². The van der Waals surface area contributed by atoms with E-state index in [9.17, 15) is 4.79 Å². The van der Waals surface area contributed by atoms with Gasteiger partial charge in [-0.15, -0.1) is 0 Å². The fourth-order valence-corrected chi connectivity index (χ4v) is 2.50. The van der Waals surface area contributed by atoms with Gasteiger partial charge in [0.1, 0.15) is 0 Å². The number of para-hydroxylation sites is 1. The molecular weight excluding hydrogens is 305 g/mol. The number of carbonyl (C=O) groups excluding carboxylic acids is 1. The van der Waals surface area contributed by atoms with Gasteiger partial charge in [-0.2, -0.15) is 0 Å². The van der Waals surface area contributed by atoms with Crippen LogP contribution in [0.4, 0.5) is 5.69 Å². The predicted octanol–water partition coefficient (Wildman–Crippen LogP) is 5.54. The lowest BCUT2D eigenvalue weighted by molar-refractivity contribution is 0.102. The molecule has 0 atom stereocenters. The number of anilines is 1. The van der Waals surface area contributed by atoms with E-state index in [0.29, 0.717) is 10.6 Å². The van der Waals surface area contributed by atoms with Gasteiger partial charge in [0.15, 0.2) is 0 Å². The van der Waals surface area contributed by atoms with Crippen LogP contribution in [0.25, 0.3) is 0 Å². The van der Waals surface area contributed by atoms with Gasteiger partial charge < -0.3 is 5.32 Å². The van der Waals surface area contributed by atoms with Crippen LogP contribution in [0.1, 0.15) is 36.7 Å². The zero-order chi connectivity index (χ0) is 15.6. The van der Waals surface area contributed by atoms with Gasteiger partial charge >= 0.3 is 0 Å². The Morgan fingerprint density at radius 1 is 1.00 bits per heavy atom. The van der Waals surface area contributed by atoms with Crippen molar-refractivity contribution in [3.8, 4) is 0 Å². The molecule has 0 radical (unpaired) electrons. The maximum Gasteiger partial charge on any atom is 0.257 e. The van der Waals surface area contributed by atoms with Gasteiger partial charge in [0.05, 0.1) is 15.6 Å². The Hall–Kier alpha value is -1.51. The van der Waals surface area contributed by atoms with Gasteiger partial charge in [0.25, 0.3) is 5.91 Å². The van der Waals surface area contributed by atoms with Crippen LogP contribution in [0.5, 0.6) is 0 Å². The van der Waals surface area contributed by atoms with E-state index in [4.69, 9.17) is 23.2 Å². The highest BCUT2D eigenvalue weighted by Gasteiger charge is 2.20. The molecule has 2 rings (SSSR count). The van der Waals surface area contributed by atoms with Crippen molar-refractivity contribution in [2.45, 2.75) is 26.2 Å². The van der Waals surface area contributed by atoms with E-state index in [-0.39, 0.29) is 16.3 Å². The molecule has 0 saturated heterocycles. The molecular formula is C17H17Cl2NO. The third-order valence-electron chi connectivity index (χ3n) is 3.18. The van der Waals surface area contributed by atoms with Crippen LogP contribution < -0.4 is 5.32 Å². The maximum atomic E-state index is 12.4. The quantitative estimate of drug-likeness (QED) is 0.772. The smallest absolute Gasteiger partial charge is 0.257 e. The summed E-state index contributed by atoms with van der Waals surface area (Å²) in [6.45, 7) is 6.30. The Morgan fingerprint density at radius 3 is 2.33 bits per heavy atom. The Balaban J connectivity index is 2.35. The van der Waals surface area contributed by atoms with Crippen LogP contribution in [-0.2, 0) is 5.41 Å². The maximum absolute atomic E-state index is 12.4. The van der Waals surface area contributed by atoms with Crippen molar-refractivity contribution in [3.63, 3.8) is 0 Å². The molecule has 0 aliphatic heterocycles. The van der Waals surface area contributed by atoms with Crippen molar-refractivity contribution in [1.82, 2.24) is 0 Å². The Morgan fingerprint density at radius 2 is 1.67 bits per heavy atom. The lowest BCUT2D eigenvalue weighted by atomic mass is 9.86. The van der Waals surface area contributed by atoms with Crippen molar-refractivity contribution >= 4 is 34.8 Å². The van der Waals surface area contributed by atoms with E-state index in [0.717, 1.165) is 11.3 Å². The summed E-state index contributed by atoms with van der Waals surface area (Å²) < 4.78 is 0. The Labute approximate surface area is 135 Å². The summed E-state index contributed by atoms with van der Waals surface area (Å²) in [6, 6.07) is 12.8. The summed E-state index contributed by atoms with van der Waals surface area (Å²) in [7, 11) is 0. The van der Waals surface area contributed by atoms with E-state index < -0.39 is 0 Å². The van der Waals surface area contributed by atoms with Gasteiger partial charge in [-0.1, -0.05) is 68.2 Å². The molecule has 1 amide bonds. The molecule has 0 bridgehead atoms. The number of carbonyl (C=O) groups is 1. The first kappa shape index (κ1) is 15.9. The van der Waals surface area contributed by atoms with Crippen LogP contribution in [0, 0.1) is 0 Å². The molecule has 2 aromatic carbocycles. The molecule has 110 valence electrons. The van der Waals surface area contributed by atoms with E-state index >= 15 is 0 Å². The molecule has 0 aromatic heterocycles. The van der Waals surface area contributed by atoms with Gasteiger partial charge in [-0.25, -0.2) is 0 Å². The van der Waals surface area contributed by atoms with E-state index in [1.54, 1.807) is 18.2 Å². The third kappa shape index (κ3) is 3.58. The van der Waals surface area contributed by atoms with Crippen LogP contribution in [-0.4, -0.2) is 5.91 Å². The summed E-state index contributed by atoms with van der Waals surface area (Å²) >= 11 is 12.0. The van der Waals surface area contributed by atoms with Crippen molar-refractivity contribution in [2.24, 2.45) is 0 Å². The SMILES string of the molecule is CC(C)(C)c1ccccc1NC(=O)c1cccc(Cl)c1Cl. The normalized spacial score (nSPS) is 11.3. The number of halogens is 2. The van der Waals surface area contributed by atoms with E-state index in [1.807, 2.05) is 24.3 Å². The zero-order valence-electron chi connectivity index (χ0n) is 12.2. The average Bonchev–Trinajstić information content (AvgIpc) is 2.41. The van der Waals surface area contributed by atoms with Gasteiger partial charge in [0, 0.05) is 5.69 Å². The zero-order valence-corrected chi connectivity index (χ0v) is 13.7. The fraction of sp³-hybridized carbons (Fsp3) is 0.235. The second kappa shape index (κ2) is 6.08. The monoisotopic (exact) mass is 321 g/mol. The largest absolute Gasteiger partial charge is 0.322 e. The molecule has 21 heavy (non-hydrogen) atoms. The minimum absolute atomic E-state index is 0.0675. The standard InChI is InChI=1S/C17H17Cl2NO/c1-17(2,3)12-8-4-5-10-14(12)20-16(21)11-7-6-9-13(18)15(11)19/h4-10H,1-3H3,(H,20,21). The predicted molar refractivity (Wildman–Crippen MR) is 89.6 cm³/mol. The molecule has 0 spiro atoms. The first-order valence-electron chi connectivity index (χ1n) is 6.65. The van der Waals surface area contributed by atoms with Crippen molar-refractivity contribution in [3.05, 3.63) is 63.6 Å². The lowest BCUT2D eigenvalue weighted by Crippen LogP contribution is -2.19. The molecule has 4 heteroatoms. The first-order chi connectivity index (χ1) is 9.80. The minimum Gasteiger partial charge on any atom is -0.322 e. The Bertz CT molecular complexity index is 675. The first-order valence-corrected chi connectivity index (χ1v) is 7.41. The molecule has 0 unspecified atom stereocenters. The number of hydrogen-bond acceptors (Lipinski definition) is 1. The molecule has 0 fully saturated rings. The molecule has 0 aliphatic rings. The highest BCUT2D eigenvalue weighted by Crippen LogP contribution is 2.31. The van der Waals surface area contributed by atoms with Crippen LogP contribution in [0.3, 0.4) is 0 Å². The summed E-state index contributed by atoms with van der Waals surface area (Å²) in [5, 5.41) is 3.56. The highest BCUT2D eigenvalue weighted by atomic mass is 35.5. The van der Waals surface area contributed by atoms with Crippen molar-refractivity contribution in [1.29, 1.82) is 0 Å². The molecule has 1 N–H and O–H groups in total. The average molecular weight is 322 g/mol. The number of nitrogens with one attached hydrogen (secondary N) is 1. The Kier molecular flexibility index (Phi) is 4.60. The van der Waals surface area contributed by atoms with Gasteiger partial charge in [-0.05, 0) is 29.2 Å². The lowest BCUT2D eigenvalue weighted by Gasteiger charge is -2.23. The number of rotatable bonds is 2. The molecule has 0 saturated carbocycles. The van der Waals surface area contributed by atoms with Crippen LogP contribution in [0.15, 0.2) is 42.5 Å². The second-order valence-electron chi connectivity index (χ2n) is 5.85. The topological polar surface area (TPSA) is 29.1 Å². The molecule has 0 aliphatic carbocycles. The van der Waals surface area contributed by atoms with Crippen molar-refractivity contribution in [2.75, 3.05) is 5.32 Å². The molecule has 2 nitrogen and oxygen atoms in total. The van der Waals surface area contributed by atoms with Crippen LogP contribution in [0.2, 0.25) is 10.0 Å². The molecule has 2 aromatic rings. The van der Waals surface area contributed by atoms with Crippen molar-refractivity contribution < 1.29 is 4.79 Å². The van der Waals surface area contributed by atoms with Gasteiger partial charge in [0.2, 0.25) is 0 Å². The summed E-state index contributed by atoms with van der Waals surface area (Å²) in [4.78, 5) is 12.4. The second-order valence-corrected chi connectivity index (χ2v) is 6.64. The number of benzene rings is 2. The number of hydrogen-bond donors (Lipinski definition) is 1. The minimum atomic E-state index is -0.265. The number of amides is 1. The summed E-state index contributed by atoms with van der Waals surface area (Å²) in [6.07, 6.45) is 0. The highest BCUT2D eigenvalue weighted by molar-refractivity contribution is 6.44. The summed E-state index contributed by atoms with van der Waals surface area (Å²) in [5.41, 5.74) is 2.15. The van der Waals surface area contributed by atoms with E-state index in [2.05, 4.69) is 26.1 Å².